The molecule has 0 bridgehead atoms. The molecule has 4 rings (SSSR count). The van der Waals surface area contributed by atoms with Crippen molar-refractivity contribution in [3.63, 3.8) is 0 Å². The lowest BCUT2D eigenvalue weighted by atomic mass is 9.46. The maximum absolute atomic E-state index is 12.2. The van der Waals surface area contributed by atoms with Crippen molar-refractivity contribution in [2.45, 2.75) is 111 Å². The molecule has 4 heteroatoms. The van der Waals surface area contributed by atoms with Crippen molar-refractivity contribution in [2.24, 2.45) is 46.3 Å². The topological polar surface area (TPSA) is 66.8 Å². The molecule has 4 aliphatic carbocycles. The van der Waals surface area contributed by atoms with Crippen LogP contribution in [-0.4, -0.2) is 21.6 Å². The summed E-state index contributed by atoms with van der Waals surface area (Å²) in [5, 5.41) is 32.7. The molecule has 31 heavy (non-hydrogen) atoms. The highest BCUT2D eigenvalue weighted by Crippen LogP contribution is 2.68. The van der Waals surface area contributed by atoms with E-state index in [1.807, 2.05) is 0 Å². The Balaban J connectivity index is 1.58. The molecule has 3 saturated carbocycles. The molecule has 0 saturated heterocycles. The van der Waals surface area contributed by atoms with Gasteiger partial charge in [-0.1, -0.05) is 53.9 Å². The first kappa shape index (κ1) is 23.6. The molecule has 0 aromatic carbocycles. The third kappa shape index (κ3) is 3.99. The van der Waals surface area contributed by atoms with Crippen molar-refractivity contribution < 1.29 is 10.3 Å². The van der Waals surface area contributed by atoms with Crippen LogP contribution < -0.4 is 0 Å². The van der Waals surface area contributed by atoms with Gasteiger partial charge < -0.3 is 15.5 Å². The molecule has 0 heterocycles. The second-order valence-electron chi connectivity index (χ2n) is 12.6. The number of aliphatic hydroxyl groups excluding tert-OH is 1. The van der Waals surface area contributed by atoms with Gasteiger partial charge in [0.15, 0.2) is 0 Å². The molecular formula is C27H46NO3-. The van der Waals surface area contributed by atoms with Crippen molar-refractivity contribution in [3.05, 3.63) is 16.5 Å². The fourth-order valence-electron chi connectivity index (χ4n) is 8.97. The maximum atomic E-state index is 12.2. The number of hydrogen-bond acceptors (Lipinski definition) is 4. The smallest absolute Gasteiger partial charge is 0.0578 e. The van der Waals surface area contributed by atoms with Crippen molar-refractivity contribution in [2.75, 3.05) is 0 Å². The highest BCUT2D eigenvalue weighted by atomic mass is 16.8. The maximum Gasteiger partial charge on any atom is 0.0578 e. The van der Waals surface area contributed by atoms with Crippen LogP contribution in [-0.2, 0) is 0 Å². The summed E-state index contributed by atoms with van der Waals surface area (Å²) in [4.78, 5) is 0. The van der Waals surface area contributed by atoms with Crippen LogP contribution in [0, 0.1) is 51.5 Å². The Morgan fingerprint density at radius 3 is 2.42 bits per heavy atom. The van der Waals surface area contributed by atoms with E-state index in [4.69, 9.17) is 0 Å². The first-order valence-electron chi connectivity index (χ1n) is 13.1. The minimum Gasteiger partial charge on any atom is -0.734 e. The van der Waals surface area contributed by atoms with Gasteiger partial charge in [-0.05, 0) is 103 Å². The predicted octanol–water partition coefficient (Wildman–Crippen LogP) is 6.91. The van der Waals surface area contributed by atoms with Gasteiger partial charge in [0.1, 0.15) is 0 Å². The standard InChI is InChI=1S/C27H46NO3/c1-17(2)7-6-8-18(3)21-9-10-22-20-16-25(28(30)31)24-15-19(29)11-13-27(24,5)23(20)12-14-26(21,22)4/h17-23,29-30H,6-16H2,1-5H3/q-1/t18-,19?,20+,21-,22+,23+,26-,27-/m1/s1. The van der Waals surface area contributed by atoms with Gasteiger partial charge in [-0.2, -0.15) is 0 Å². The molecule has 0 radical (unpaired) electrons. The van der Waals surface area contributed by atoms with E-state index in [0.29, 0.717) is 41.7 Å². The van der Waals surface area contributed by atoms with Crippen LogP contribution in [0.1, 0.15) is 105 Å². The molecular weight excluding hydrogens is 386 g/mol. The van der Waals surface area contributed by atoms with Crippen LogP contribution in [0.3, 0.4) is 0 Å². The average Bonchev–Trinajstić information content (AvgIpc) is 3.05. The highest BCUT2D eigenvalue weighted by Gasteiger charge is 2.60. The lowest BCUT2D eigenvalue weighted by Crippen LogP contribution is -2.52. The zero-order valence-corrected chi connectivity index (χ0v) is 20.6. The Kier molecular flexibility index (Phi) is 6.58. The molecule has 0 amide bonds. The number of hydroxylamine groups is 2. The summed E-state index contributed by atoms with van der Waals surface area (Å²) in [6.07, 6.45) is 11.8. The summed E-state index contributed by atoms with van der Waals surface area (Å²) in [5.74, 6) is 4.09. The minimum atomic E-state index is -0.369. The van der Waals surface area contributed by atoms with Gasteiger partial charge in [-0.3, -0.25) is 5.21 Å². The monoisotopic (exact) mass is 432 g/mol. The van der Waals surface area contributed by atoms with Crippen molar-refractivity contribution >= 4 is 0 Å². The van der Waals surface area contributed by atoms with E-state index >= 15 is 0 Å². The molecule has 4 aliphatic rings. The van der Waals surface area contributed by atoms with Gasteiger partial charge in [0.25, 0.3) is 0 Å². The Morgan fingerprint density at radius 2 is 1.74 bits per heavy atom. The SMILES string of the molecule is CC(C)CCC[C@@H](C)[C@H]1CC[C@H]2[C@@H]3CC(N([O-])O)=C4CC(O)CC[C@]4(C)[C@H]3CC[C@]12C. The summed E-state index contributed by atoms with van der Waals surface area (Å²) >= 11 is 0. The number of hydrogen-bond donors (Lipinski definition) is 2. The fraction of sp³-hybridized carbons (Fsp3) is 0.926. The van der Waals surface area contributed by atoms with E-state index in [0.717, 1.165) is 36.2 Å². The quantitative estimate of drug-likeness (QED) is 0.448. The first-order valence-corrected chi connectivity index (χ1v) is 13.1. The number of aliphatic hydroxyl groups is 1. The Bertz CT molecular complexity index is 688. The number of rotatable bonds is 6. The second kappa shape index (κ2) is 8.65. The Labute approximate surface area is 190 Å². The van der Waals surface area contributed by atoms with E-state index in [2.05, 4.69) is 34.6 Å². The normalized spacial score (nSPS) is 43.5. The van der Waals surface area contributed by atoms with Crippen LogP contribution in [0.15, 0.2) is 11.3 Å². The van der Waals surface area contributed by atoms with E-state index < -0.39 is 0 Å². The molecule has 2 N–H and O–H groups in total. The summed E-state index contributed by atoms with van der Waals surface area (Å²) in [6.45, 7) is 12.0. The summed E-state index contributed by atoms with van der Waals surface area (Å²) in [5.41, 5.74) is 1.98. The number of nitrogens with zero attached hydrogens (tertiary/aromatic N) is 1. The number of fused-ring (bicyclic) bond motifs is 5. The van der Waals surface area contributed by atoms with E-state index in [1.165, 1.54) is 44.9 Å². The Morgan fingerprint density at radius 1 is 1.00 bits per heavy atom. The fourth-order valence-corrected chi connectivity index (χ4v) is 8.97. The zero-order chi connectivity index (χ0) is 22.6. The molecule has 0 aliphatic heterocycles. The van der Waals surface area contributed by atoms with E-state index in [-0.39, 0.29) is 16.7 Å². The molecule has 8 atom stereocenters. The van der Waals surface area contributed by atoms with Gasteiger partial charge in [0.05, 0.1) is 6.10 Å². The molecule has 3 fully saturated rings. The van der Waals surface area contributed by atoms with Crippen LogP contribution in [0.4, 0.5) is 0 Å². The molecule has 1 unspecified atom stereocenters. The predicted molar refractivity (Wildman–Crippen MR) is 125 cm³/mol. The van der Waals surface area contributed by atoms with Gasteiger partial charge in [-0.25, -0.2) is 0 Å². The second-order valence-corrected chi connectivity index (χ2v) is 12.6. The van der Waals surface area contributed by atoms with E-state index in [9.17, 15) is 15.5 Å². The van der Waals surface area contributed by atoms with E-state index in [1.54, 1.807) is 0 Å². The first-order chi connectivity index (χ1) is 14.6. The molecule has 0 aromatic rings. The lowest BCUT2D eigenvalue weighted by molar-refractivity contribution is -0.0828. The van der Waals surface area contributed by atoms with Crippen LogP contribution >= 0.6 is 0 Å². The van der Waals surface area contributed by atoms with Crippen LogP contribution in [0.5, 0.6) is 0 Å². The van der Waals surface area contributed by atoms with Gasteiger partial charge in [0, 0.05) is 5.70 Å². The number of allylic oxidation sites excluding steroid dienone is 1. The lowest BCUT2D eigenvalue weighted by Gasteiger charge is -2.60. The van der Waals surface area contributed by atoms with Crippen molar-refractivity contribution in [3.8, 4) is 0 Å². The van der Waals surface area contributed by atoms with Crippen molar-refractivity contribution in [1.29, 1.82) is 0 Å². The third-order valence-electron chi connectivity index (χ3n) is 10.6. The minimum absolute atomic E-state index is 0.0365. The molecule has 0 aromatic heterocycles. The molecule has 178 valence electrons. The van der Waals surface area contributed by atoms with Crippen LogP contribution in [0.25, 0.3) is 0 Å². The Hall–Kier alpha value is -0.580. The third-order valence-corrected chi connectivity index (χ3v) is 10.6. The highest BCUT2D eigenvalue weighted by molar-refractivity contribution is 5.30. The summed E-state index contributed by atoms with van der Waals surface area (Å²) in [6, 6.07) is 0. The van der Waals surface area contributed by atoms with Gasteiger partial charge in [0.2, 0.25) is 0 Å². The van der Waals surface area contributed by atoms with Crippen molar-refractivity contribution in [1.82, 2.24) is 5.23 Å². The van der Waals surface area contributed by atoms with Gasteiger partial charge in [-0.15, -0.1) is 0 Å². The average molecular weight is 433 g/mol. The largest absolute Gasteiger partial charge is 0.734 e. The summed E-state index contributed by atoms with van der Waals surface area (Å²) < 4.78 is 0. The summed E-state index contributed by atoms with van der Waals surface area (Å²) in [7, 11) is 0. The van der Waals surface area contributed by atoms with Crippen LogP contribution in [0.2, 0.25) is 0 Å². The zero-order valence-electron chi connectivity index (χ0n) is 20.6. The molecule has 0 spiro atoms. The van der Waals surface area contributed by atoms with Gasteiger partial charge >= 0.3 is 0 Å². The molecule has 4 nitrogen and oxygen atoms in total.